The molecule has 32 heavy (non-hydrogen) atoms. The Bertz CT molecular complexity index is 1010. The van der Waals surface area contributed by atoms with E-state index in [-0.39, 0.29) is 31.1 Å². The summed E-state index contributed by atoms with van der Waals surface area (Å²) in [5.41, 5.74) is 5.13. The maximum atomic E-state index is 13.2. The van der Waals surface area contributed by atoms with Gasteiger partial charge in [0, 0.05) is 31.4 Å². The number of hydrogen-bond donors (Lipinski definition) is 2. The van der Waals surface area contributed by atoms with Gasteiger partial charge in [0.2, 0.25) is 11.8 Å². The van der Waals surface area contributed by atoms with E-state index in [0.29, 0.717) is 19.5 Å². The van der Waals surface area contributed by atoms with Crippen LogP contribution in [0, 0.1) is 0 Å². The summed E-state index contributed by atoms with van der Waals surface area (Å²) in [6.07, 6.45) is 4.65. The Labute approximate surface area is 188 Å². The maximum absolute atomic E-state index is 13.2. The van der Waals surface area contributed by atoms with Gasteiger partial charge >= 0.3 is 5.97 Å². The van der Waals surface area contributed by atoms with E-state index in [1.807, 2.05) is 49.4 Å². The van der Waals surface area contributed by atoms with Crippen LogP contribution in [0.2, 0.25) is 0 Å². The molecule has 6 nitrogen and oxygen atoms in total. The van der Waals surface area contributed by atoms with Crippen LogP contribution in [0.3, 0.4) is 0 Å². The first-order valence-corrected chi connectivity index (χ1v) is 11.1. The molecule has 0 radical (unpaired) electrons. The van der Waals surface area contributed by atoms with Gasteiger partial charge in [0.25, 0.3) is 0 Å². The SMILES string of the molecule is C/C1=C/c2ccccc2CN(C(=O)CCC(=O)NCCCCCC(=O)O)c2ccccc21. The number of allylic oxidation sites excluding steroid dienone is 1. The second kappa shape index (κ2) is 11.3. The number of benzene rings is 2. The standard InChI is InChI=1S/C26H30N2O4/c1-19-17-20-9-4-5-10-21(20)18-28(23-12-7-6-11-22(19)23)25(30)15-14-24(29)27-16-8-2-3-13-26(31)32/h4-7,9-12,17H,2-3,8,13-16,18H2,1H3,(H,27,29)(H,31,32)/b19-17-. The summed E-state index contributed by atoms with van der Waals surface area (Å²) in [6, 6.07) is 15.9. The number of nitrogens with one attached hydrogen (secondary N) is 1. The number of carbonyl (C=O) groups excluding carboxylic acids is 2. The van der Waals surface area contributed by atoms with Crippen LogP contribution in [0.1, 0.15) is 62.1 Å². The lowest BCUT2D eigenvalue weighted by Crippen LogP contribution is -2.33. The molecule has 2 amide bonds. The predicted molar refractivity (Wildman–Crippen MR) is 126 cm³/mol. The Hall–Kier alpha value is -3.41. The summed E-state index contributed by atoms with van der Waals surface area (Å²) >= 11 is 0. The lowest BCUT2D eigenvalue weighted by molar-refractivity contribution is -0.137. The summed E-state index contributed by atoms with van der Waals surface area (Å²) in [6.45, 7) is 3.01. The zero-order valence-electron chi connectivity index (χ0n) is 18.5. The first kappa shape index (κ1) is 23.3. The number of carboxylic acids is 1. The largest absolute Gasteiger partial charge is 0.481 e. The molecule has 0 saturated carbocycles. The quantitative estimate of drug-likeness (QED) is 0.563. The highest BCUT2D eigenvalue weighted by Gasteiger charge is 2.22. The van der Waals surface area contributed by atoms with Crippen molar-refractivity contribution >= 4 is 35.1 Å². The molecule has 1 aliphatic rings. The molecule has 0 unspecified atom stereocenters. The molecule has 1 heterocycles. The smallest absolute Gasteiger partial charge is 0.303 e. The number of rotatable bonds is 9. The van der Waals surface area contributed by atoms with Crippen LogP contribution in [0.15, 0.2) is 48.5 Å². The Morgan fingerprint density at radius 2 is 1.69 bits per heavy atom. The number of hydrogen-bond acceptors (Lipinski definition) is 3. The van der Waals surface area contributed by atoms with Crippen molar-refractivity contribution in [3.8, 4) is 0 Å². The monoisotopic (exact) mass is 434 g/mol. The second-order valence-electron chi connectivity index (χ2n) is 8.08. The van der Waals surface area contributed by atoms with E-state index in [4.69, 9.17) is 5.11 Å². The van der Waals surface area contributed by atoms with Crippen molar-refractivity contribution in [2.24, 2.45) is 0 Å². The minimum absolute atomic E-state index is 0.0847. The van der Waals surface area contributed by atoms with Crippen LogP contribution in [-0.4, -0.2) is 29.4 Å². The van der Waals surface area contributed by atoms with Gasteiger partial charge in [-0.05, 0) is 42.5 Å². The first-order valence-electron chi connectivity index (χ1n) is 11.1. The van der Waals surface area contributed by atoms with Crippen LogP contribution < -0.4 is 10.2 Å². The average Bonchev–Trinajstić information content (AvgIpc) is 2.78. The van der Waals surface area contributed by atoms with Crippen LogP contribution in [-0.2, 0) is 20.9 Å². The zero-order chi connectivity index (χ0) is 22.9. The highest BCUT2D eigenvalue weighted by molar-refractivity contribution is 6.00. The molecule has 0 bridgehead atoms. The molecule has 3 rings (SSSR count). The molecule has 0 atom stereocenters. The predicted octanol–water partition coefficient (Wildman–Crippen LogP) is 4.64. The summed E-state index contributed by atoms with van der Waals surface area (Å²) in [4.78, 5) is 37.7. The van der Waals surface area contributed by atoms with Gasteiger partial charge in [0.1, 0.15) is 0 Å². The van der Waals surface area contributed by atoms with E-state index < -0.39 is 5.97 Å². The molecule has 6 heteroatoms. The molecular weight excluding hydrogens is 404 g/mol. The van der Waals surface area contributed by atoms with Gasteiger partial charge in [-0.2, -0.15) is 0 Å². The van der Waals surface area contributed by atoms with Gasteiger partial charge in [-0.15, -0.1) is 0 Å². The Kier molecular flexibility index (Phi) is 8.20. The Morgan fingerprint density at radius 3 is 2.50 bits per heavy atom. The molecule has 0 aliphatic carbocycles. The molecule has 0 spiro atoms. The van der Waals surface area contributed by atoms with Gasteiger partial charge in [0.05, 0.1) is 12.2 Å². The molecule has 2 aromatic rings. The van der Waals surface area contributed by atoms with Crippen molar-refractivity contribution in [2.75, 3.05) is 11.4 Å². The second-order valence-corrected chi connectivity index (χ2v) is 8.08. The van der Waals surface area contributed by atoms with E-state index in [1.165, 1.54) is 0 Å². The highest BCUT2D eigenvalue weighted by atomic mass is 16.4. The topological polar surface area (TPSA) is 86.7 Å². The fourth-order valence-corrected chi connectivity index (χ4v) is 3.90. The highest BCUT2D eigenvalue weighted by Crippen LogP contribution is 2.33. The minimum atomic E-state index is -0.799. The molecular formula is C26H30N2O4. The Balaban J connectivity index is 1.62. The number of amides is 2. The molecule has 168 valence electrons. The van der Waals surface area contributed by atoms with E-state index in [0.717, 1.165) is 40.8 Å². The van der Waals surface area contributed by atoms with Crippen LogP contribution in [0.25, 0.3) is 11.6 Å². The van der Waals surface area contributed by atoms with Gasteiger partial charge in [-0.25, -0.2) is 0 Å². The van der Waals surface area contributed by atoms with E-state index >= 15 is 0 Å². The van der Waals surface area contributed by atoms with Gasteiger partial charge in [0.15, 0.2) is 0 Å². The number of unbranched alkanes of at least 4 members (excludes halogenated alkanes) is 2. The van der Waals surface area contributed by atoms with Crippen molar-refractivity contribution in [1.29, 1.82) is 0 Å². The first-order chi connectivity index (χ1) is 15.5. The lowest BCUT2D eigenvalue weighted by Gasteiger charge is -2.28. The van der Waals surface area contributed by atoms with E-state index in [1.54, 1.807) is 4.90 Å². The third-order valence-corrected chi connectivity index (χ3v) is 5.63. The van der Waals surface area contributed by atoms with Crippen molar-refractivity contribution in [3.63, 3.8) is 0 Å². The van der Waals surface area contributed by atoms with Gasteiger partial charge in [-0.1, -0.05) is 55.0 Å². The number of carboxylic acid groups (broad SMARTS) is 1. The molecule has 0 saturated heterocycles. The summed E-state index contributed by atoms with van der Waals surface area (Å²) in [5.74, 6) is -1.04. The average molecular weight is 435 g/mol. The summed E-state index contributed by atoms with van der Waals surface area (Å²) in [7, 11) is 0. The van der Waals surface area contributed by atoms with Gasteiger partial charge in [-0.3, -0.25) is 14.4 Å². The fourth-order valence-electron chi connectivity index (χ4n) is 3.90. The number of carbonyl (C=O) groups is 3. The fraction of sp³-hybridized carbons (Fsp3) is 0.346. The molecule has 1 aliphatic heterocycles. The lowest BCUT2D eigenvalue weighted by atomic mass is 9.96. The minimum Gasteiger partial charge on any atom is -0.481 e. The van der Waals surface area contributed by atoms with Crippen molar-refractivity contribution < 1.29 is 19.5 Å². The number of aliphatic carboxylic acids is 1. The van der Waals surface area contributed by atoms with Crippen molar-refractivity contribution in [2.45, 2.75) is 52.0 Å². The molecule has 2 aromatic carbocycles. The third kappa shape index (κ3) is 6.30. The van der Waals surface area contributed by atoms with Crippen molar-refractivity contribution in [3.05, 3.63) is 65.2 Å². The normalized spacial score (nSPS) is 14.3. The maximum Gasteiger partial charge on any atom is 0.303 e. The van der Waals surface area contributed by atoms with Crippen LogP contribution in [0.5, 0.6) is 0 Å². The molecule has 0 fully saturated rings. The van der Waals surface area contributed by atoms with Crippen LogP contribution in [0.4, 0.5) is 5.69 Å². The number of nitrogens with zero attached hydrogens (tertiary/aromatic N) is 1. The van der Waals surface area contributed by atoms with E-state index in [9.17, 15) is 14.4 Å². The number of para-hydroxylation sites is 1. The summed E-state index contributed by atoms with van der Waals surface area (Å²) in [5, 5.41) is 11.5. The molecule has 2 N–H and O–H groups in total. The number of anilines is 1. The summed E-state index contributed by atoms with van der Waals surface area (Å²) < 4.78 is 0. The molecule has 0 aromatic heterocycles. The zero-order valence-corrected chi connectivity index (χ0v) is 18.5. The third-order valence-electron chi connectivity index (χ3n) is 5.63. The van der Waals surface area contributed by atoms with Crippen LogP contribution >= 0.6 is 0 Å². The van der Waals surface area contributed by atoms with E-state index in [2.05, 4.69) is 17.5 Å². The Morgan fingerprint density at radius 1 is 0.938 bits per heavy atom. The number of fused-ring (bicyclic) bond motifs is 2. The van der Waals surface area contributed by atoms with Gasteiger partial charge < -0.3 is 15.3 Å². The van der Waals surface area contributed by atoms with Crippen molar-refractivity contribution in [1.82, 2.24) is 5.32 Å².